The lowest BCUT2D eigenvalue weighted by molar-refractivity contribution is 0.0372. The Morgan fingerprint density at radius 1 is 1.11 bits per heavy atom. The third-order valence-electron chi connectivity index (χ3n) is 3.39. The Hall–Kier alpha value is -0.930. The van der Waals surface area contributed by atoms with Crippen molar-refractivity contribution in [2.75, 3.05) is 0 Å². The predicted octanol–water partition coefficient (Wildman–Crippen LogP) is 3.27. The zero-order valence-electron chi connectivity index (χ0n) is 11.9. The van der Waals surface area contributed by atoms with Gasteiger partial charge in [-0.2, -0.15) is 0 Å². The van der Waals surface area contributed by atoms with Gasteiger partial charge in [-0.15, -0.1) is 0 Å². The second kappa shape index (κ2) is 5.81. The summed E-state index contributed by atoms with van der Waals surface area (Å²) in [6.07, 6.45) is 0. The molecule has 0 aliphatic carbocycles. The lowest BCUT2D eigenvalue weighted by Crippen LogP contribution is -2.47. The quantitative estimate of drug-likeness (QED) is 0.844. The molecule has 1 rings (SSSR count). The Labute approximate surface area is 109 Å². The Kier molecular flexibility index (Phi) is 4.88. The molecule has 0 aliphatic heterocycles. The van der Waals surface area contributed by atoms with Gasteiger partial charge in [0.05, 0.1) is 5.60 Å². The maximum atomic E-state index is 12.9. The molecule has 0 amide bonds. The monoisotopic (exact) mass is 253 g/mol. The highest BCUT2D eigenvalue weighted by atomic mass is 19.1. The highest BCUT2D eigenvalue weighted by molar-refractivity contribution is 5.20. The van der Waals surface area contributed by atoms with Crippen LogP contribution in [0, 0.1) is 11.7 Å². The Morgan fingerprint density at radius 3 is 2.00 bits per heavy atom. The van der Waals surface area contributed by atoms with Crippen LogP contribution in [0.25, 0.3) is 0 Å². The van der Waals surface area contributed by atoms with Crippen LogP contribution in [-0.2, 0) is 0 Å². The molecule has 0 fully saturated rings. The molecule has 18 heavy (non-hydrogen) atoms. The largest absolute Gasteiger partial charge is 0.389 e. The Balaban J connectivity index is 2.87. The van der Waals surface area contributed by atoms with Crippen molar-refractivity contribution in [2.45, 2.75) is 52.3 Å². The minimum atomic E-state index is -0.785. The summed E-state index contributed by atoms with van der Waals surface area (Å²) in [5, 5.41) is 13.4. The van der Waals surface area contributed by atoms with Crippen molar-refractivity contribution >= 4 is 0 Å². The van der Waals surface area contributed by atoms with Gasteiger partial charge in [0.1, 0.15) is 5.82 Å². The molecule has 0 saturated heterocycles. The average Bonchev–Trinajstić information content (AvgIpc) is 2.25. The number of hydrogen-bond donors (Lipinski definition) is 2. The smallest absolute Gasteiger partial charge is 0.123 e. The molecular weight excluding hydrogens is 229 g/mol. The number of nitrogens with one attached hydrogen (secondary N) is 1. The van der Waals surface area contributed by atoms with Gasteiger partial charge in [0, 0.05) is 12.1 Å². The lowest BCUT2D eigenvalue weighted by Gasteiger charge is -2.33. The third-order valence-corrected chi connectivity index (χ3v) is 3.39. The molecule has 0 aromatic heterocycles. The second-order valence-corrected chi connectivity index (χ2v) is 5.82. The standard InChI is InChI=1S/C15H24FNO/c1-10(2)14(17-11(3)15(4,5)18)12-6-8-13(16)9-7-12/h6-11,14,17-18H,1-5H3. The van der Waals surface area contributed by atoms with Crippen molar-refractivity contribution in [1.82, 2.24) is 5.32 Å². The average molecular weight is 253 g/mol. The summed E-state index contributed by atoms with van der Waals surface area (Å²) < 4.78 is 12.9. The van der Waals surface area contributed by atoms with Crippen molar-refractivity contribution in [3.05, 3.63) is 35.6 Å². The van der Waals surface area contributed by atoms with E-state index >= 15 is 0 Å². The lowest BCUT2D eigenvalue weighted by atomic mass is 9.92. The van der Waals surface area contributed by atoms with E-state index in [1.165, 1.54) is 12.1 Å². The molecule has 1 aromatic carbocycles. The van der Waals surface area contributed by atoms with Gasteiger partial charge in [0.2, 0.25) is 0 Å². The van der Waals surface area contributed by atoms with Crippen LogP contribution in [0.2, 0.25) is 0 Å². The molecule has 2 unspecified atom stereocenters. The van der Waals surface area contributed by atoms with Crippen molar-refractivity contribution in [3.8, 4) is 0 Å². The van der Waals surface area contributed by atoms with Crippen LogP contribution >= 0.6 is 0 Å². The zero-order valence-corrected chi connectivity index (χ0v) is 11.9. The number of hydrogen-bond acceptors (Lipinski definition) is 2. The molecule has 0 saturated carbocycles. The van der Waals surface area contributed by atoms with Gasteiger partial charge < -0.3 is 10.4 Å². The minimum absolute atomic E-state index is 0.0463. The summed E-state index contributed by atoms with van der Waals surface area (Å²) in [4.78, 5) is 0. The molecule has 0 bridgehead atoms. The molecule has 2 N–H and O–H groups in total. The van der Waals surface area contributed by atoms with E-state index in [0.29, 0.717) is 5.92 Å². The SMILES string of the molecule is CC(C)C(NC(C)C(C)(C)O)c1ccc(F)cc1. The van der Waals surface area contributed by atoms with Crippen molar-refractivity contribution in [2.24, 2.45) is 5.92 Å². The maximum absolute atomic E-state index is 12.9. The van der Waals surface area contributed by atoms with E-state index < -0.39 is 5.60 Å². The number of aliphatic hydroxyl groups is 1. The molecule has 102 valence electrons. The molecular formula is C15H24FNO. The molecule has 1 aromatic rings. The first-order chi connectivity index (χ1) is 8.21. The molecule has 0 aliphatic rings. The summed E-state index contributed by atoms with van der Waals surface area (Å²) >= 11 is 0. The number of benzene rings is 1. The van der Waals surface area contributed by atoms with E-state index in [0.717, 1.165) is 5.56 Å². The van der Waals surface area contributed by atoms with Crippen LogP contribution in [0.3, 0.4) is 0 Å². The van der Waals surface area contributed by atoms with Gasteiger partial charge in [-0.05, 0) is 44.4 Å². The fourth-order valence-electron chi connectivity index (χ4n) is 1.82. The fraction of sp³-hybridized carbons (Fsp3) is 0.600. The third kappa shape index (κ3) is 4.07. The van der Waals surface area contributed by atoms with Crippen LogP contribution in [0.15, 0.2) is 24.3 Å². The second-order valence-electron chi connectivity index (χ2n) is 5.82. The molecule has 0 radical (unpaired) electrons. The fourth-order valence-corrected chi connectivity index (χ4v) is 1.82. The summed E-state index contributed by atoms with van der Waals surface area (Å²) in [7, 11) is 0. The number of halogens is 1. The highest BCUT2D eigenvalue weighted by Crippen LogP contribution is 2.24. The van der Waals surface area contributed by atoms with Gasteiger partial charge in [-0.25, -0.2) is 4.39 Å². The van der Waals surface area contributed by atoms with Gasteiger partial charge in [-0.3, -0.25) is 0 Å². The van der Waals surface area contributed by atoms with Gasteiger partial charge >= 0.3 is 0 Å². The van der Waals surface area contributed by atoms with E-state index in [4.69, 9.17) is 0 Å². The van der Waals surface area contributed by atoms with E-state index in [1.807, 2.05) is 6.92 Å². The van der Waals surface area contributed by atoms with Gasteiger partial charge in [0.15, 0.2) is 0 Å². The van der Waals surface area contributed by atoms with E-state index in [1.54, 1.807) is 26.0 Å². The molecule has 2 atom stereocenters. The van der Waals surface area contributed by atoms with Crippen molar-refractivity contribution in [1.29, 1.82) is 0 Å². The summed E-state index contributed by atoms with van der Waals surface area (Å²) in [5.41, 5.74) is 0.259. The van der Waals surface area contributed by atoms with Crippen LogP contribution < -0.4 is 5.32 Å². The first kappa shape index (κ1) is 15.1. The topological polar surface area (TPSA) is 32.3 Å². The normalized spacial score (nSPS) is 15.8. The van der Waals surface area contributed by atoms with Crippen LogP contribution in [0.1, 0.15) is 46.2 Å². The van der Waals surface area contributed by atoms with E-state index in [9.17, 15) is 9.50 Å². The Bertz CT molecular complexity index is 367. The number of rotatable bonds is 5. The van der Waals surface area contributed by atoms with Crippen molar-refractivity contribution in [3.63, 3.8) is 0 Å². The first-order valence-electron chi connectivity index (χ1n) is 6.45. The summed E-state index contributed by atoms with van der Waals surface area (Å²) in [6, 6.07) is 6.60. The van der Waals surface area contributed by atoms with E-state index in [2.05, 4.69) is 19.2 Å². The minimum Gasteiger partial charge on any atom is -0.389 e. The van der Waals surface area contributed by atoms with Gasteiger partial charge in [0.25, 0.3) is 0 Å². The first-order valence-corrected chi connectivity index (χ1v) is 6.45. The molecule has 2 nitrogen and oxygen atoms in total. The predicted molar refractivity (Wildman–Crippen MR) is 72.9 cm³/mol. The van der Waals surface area contributed by atoms with E-state index in [-0.39, 0.29) is 17.9 Å². The molecule has 3 heteroatoms. The van der Waals surface area contributed by atoms with Crippen LogP contribution in [0.5, 0.6) is 0 Å². The maximum Gasteiger partial charge on any atom is 0.123 e. The molecule has 0 spiro atoms. The van der Waals surface area contributed by atoms with Crippen LogP contribution in [-0.4, -0.2) is 16.7 Å². The highest BCUT2D eigenvalue weighted by Gasteiger charge is 2.26. The zero-order chi connectivity index (χ0) is 13.9. The Morgan fingerprint density at radius 2 is 1.61 bits per heavy atom. The van der Waals surface area contributed by atoms with Crippen molar-refractivity contribution < 1.29 is 9.50 Å². The van der Waals surface area contributed by atoms with Gasteiger partial charge in [-0.1, -0.05) is 26.0 Å². The molecule has 0 heterocycles. The van der Waals surface area contributed by atoms with Crippen LogP contribution in [0.4, 0.5) is 4.39 Å². The summed E-state index contributed by atoms with van der Waals surface area (Å²) in [5.74, 6) is 0.136. The summed E-state index contributed by atoms with van der Waals surface area (Å²) in [6.45, 7) is 9.74.